The molecular weight excluding hydrogens is 989 g/mol. The van der Waals surface area contributed by atoms with Crippen LogP contribution < -0.4 is 18.9 Å². The number of hydrogen-bond donors (Lipinski definition) is 0. The summed E-state index contributed by atoms with van der Waals surface area (Å²) in [5.74, 6) is 0.857. The predicted octanol–water partition coefficient (Wildman–Crippen LogP) is 20.2. The number of esters is 3. The maximum absolute atomic E-state index is 13.1. The molecule has 0 saturated carbocycles. The standard InChI is InChI=1S/C69H92O8S/c1-6-9-11-13-15-17-19-21-23-25-27-29-31-33-51-74-60-43-39-58(40-44-60)67(70)76-62-47-35-56(36-48-62)54(4)64-53-65(69(72)73-8-3)78-66(64)55(5)57-37-49-63(50-38-57)77-68(71)59-41-45-61(46-42-59)75-52-34-32-30-28-26-24-22-20-18-16-14-12-10-7-2/h35-50,53H,4-34,51-52H2,1-3H3. The molecule has 9 heteroatoms. The van der Waals surface area contributed by atoms with E-state index in [1.165, 1.54) is 165 Å². The Bertz CT molecular complexity index is 2320. The van der Waals surface area contributed by atoms with Gasteiger partial charge < -0.3 is 23.7 Å². The lowest BCUT2D eigenvalue weighted by Gasteiger charge is -2.12. The zero-order valence-corrected chi connectivity index (χ0v) is 48.6. The van der Waals surface area contributed by atoms with Gasteiger partial charge in [0.05, 0.1) is 30.9 Å². The van der Waals surface area contributed by atoms with Crippen molar-refractivity contribution in [2.24, 2.45) is 0 Å². The molecule has 1 heterocycles. The zero-order valence-electron chi connectivity index (χ0n) is 47.8. The van der Waals surface area contributed by atoms with Crippen LogP contribution in [0.25, 0.3) is 11.1 Å². The van der Waals surface area contributed by atoms with Crippen molar-refractivity contribution in [3.05, 3.63) is 154 Å². The highest BCUT2D eigenvalue weighted by Gasteiger charge is 2.22. The quantitative estimate of drug-likeness (QED) is 0.0217. The molecule has 8 nitrogen and oxygen atoms in total. The highest BCUT2D eigenvalue weighted by atomic mass is 32.1. The molecule has 5 rings (SSSR count). The second kappa shape index (κ2) is 37.8. The van der Waals surface area contributed by atoms with Crippen LogP contribution in [0.5, 0.6) is 23.0 Å². The summed E-state index contributed by atoms with van der Waals surface area (Å²) in [7, 11) is 0. The van der Waals surface area contributed by atoms with Gasteiger partial charge >= 0.3 is 17.9 Å². The predicted molar refractivity (Wildman–Crippen MR) is 324 cm³/mol. The number of rotatable bonds is 42. The molecule has 0 atom stereocenters. The molecule has 422 valence electrons. The van der Waals surface area contributed by atoms with Crippen molar-refractivity contribution >= 4 is 40.4 Å². The van der Waals surface area contributed by atoms with Gasteiger partial charge in [0.25, 0.3) is 0 Å². The molecule has 0 saturated heterocycles. The highest BCUT2D eigenvalue weighted by molar-refractivity contribution is 7.15. The van der Waals surface area contributed by atoms with Crippen LogP contribution in [0.15, 0.2) is 116 Å². The summed E-state index contributed by atoms with van der Waals surface area (Å²) < 4.78 is 28.8. The number of hydrogen-bond acceptors (Lipinski definition) is 9. The fraction of sp³-hybridized carbons (Fsp3) is 0.493. The maximum Gasteiger partial charge on any atom is 0.348 e. The van der Waals surface area contributed by atoms with E-state index < -0.39 is 17.9 Å². The Labute approximate surface area is 473 Å². The highest BCUT2D eigenvalue weighted by Crippen LogP contribution is 2.39. The van der Waals surface area contributed by atoms with Gasteiger partial charge in [0.15, 0.2) is 0 Å². The van der Waals surface area contributed by atoms with Gasteiger partial charge in [-0.3, -0.25) is 0 Å². The van der Waals surface area contributed by atoms with Gasteiger partial charge in [0.1, 0.15) is 27.9 Å². The fourth-order valence-electron chi connectivity index (χ4n) is 9.56. The topological polar surface area (TPSA) is 97.4 Å². The van der Waals surface area contributed by atoms with Crippen LogP contribution in [0.2, 0.25) is 0 Å². The summed E-state index contributed by atoms with van der Waals surface area (Å²) >= 11 is 1.27. The first-order valence-electron chi connectivity index (χ1n) is 30.0. The second-order valence-electron chi connectivity index (χ2n) is 20.8. The normalized spacial score (nSPS) is 11.1. The Morgan fingerprint density at radius 2 is 0.679 bits per heavy atom. The SMILES string of the molecule is C=C(c1ccc(OC(=O)c2ccc(OCCCCCCCCCCCCCCCC)cc2)cc1)c1cc(C(=O)OCC)sc1C(=C)c1ccc(OC(=O)c2ccc(OCCCCCCCCCCCCCCCC)cc2)cc1. The van der Waals surface area contributed by atoms with Crippen LogP contribution in [0.3, 0.4) is 0 Å². The zero-order chi connectivity index (χ0) is 55.4. The summed E-state index contributed by atoms with van der Waals surface area (Å²) in [6.45, 7) is 16.7. The molecule has 4 aromatic carbocycles. The summed E-state index contributed by atoms with van der Waals surface area (Å²) in [5.41, 5.74) is 4.41. The van der Waals surface area contributed by atoms with Gasteiger partial charge in [-0.1, -0.05) is 218 Å². The molecule has 5 aromatic rings. The van der Waals surface area contributed by atoms with Crippen molar-refractivity contribution in [1.29, 1.82) is 0 Å². The van der Waals surface area contributed by atoms with Gasteiger partial charge in [0, 0.05) is 10.4 Å². The lowest BCUT2D eigenvalue weighted by molar-refractivity contribution is 0.0531. The summed E-state index contributed by atoms with van der Waals surface area (Å²) in [6.07, 6.45) is 36.9. The van der Waals surface area contributed by atoms with Crippen LogP contribution in [0.4, 0.5) is 0 Å². The first-order valence-corrected chi connectivity index (χ1v) is 30.8. The van der Waals surface area contributed by atoms with E-state index in [2.05, 4.69) is 27.0 Å². The van der Waals surface area contributed by atoms with E-state index >= 15 is 0 Å². The molecule has 0 radical (unpaired) electrons. The van der Waals surface area contributed by atoms with Crippen LogP contribution >= 0.6 is 11.3 Å². The third-order valence-corrected chi connectivity index (χ3v) is 15.5. The van der Waals surface area contributed by atoms with E-state index in [0.29, 0.717) is 57.4 Å². The van der Waals surface area contributed by atoms with E-state index in [1.54, 1.807) is 61.5 Å². The third-order valence-electron chi connectivity index (χ3n) is 14.3. The first-order chi connectivity index (χ1) is 38.2. The molecule has 1 aromatic heterocycles. The molecule has 0 N–H and O–H groups in total. The van der Waals surface area contributed by atoms with Gasteiger partial charge in [-0.25, -0.2) is 14.4 Å². The van der Waals surface area contributed by atoms with Crippen molar-refractivity contribution in [3.63, 3.8) is 0 Å². The fourth-order valence-corrected chi connectivity index (χ4v) is 10.6. The lowest BCUT2D eigenvalue weighted by Crippen LogP contribution is -2.08. The van der Waals surface area contributed by atoms with Crippen LogP contribution in [-0.2, 0) is 4.74 Å². The van der Waals surface area contributed by atoms with Crippen molar-refractivity contribution in [3.8, 4) is 23.0 Å². The van der Waals surface area contributed by atoms with Gasteiger partial charge in [-0.2, -0.15) is 0 Å². The van der Waals surface area contributed by atoms with Crippen molar-refractivity contribution < 1.29 is 38.1 Å². The third kappa shape index (κ3) is 23.6. The van der Waals surface area contributed by atoms with Gasteiger partial charge in [-0.05, 0) is 121 Å². The Balaban J connectivity index is 1.03. The molecule has 0 fully saturated rings. The van der Waals surface area contributed by atoms with E-state index in [4.69, 9.17) is 23.7 Å². The smallest absolute Gasteiger partial charge is 0.348 e. The average molecular weight is 1080 g/mol. The Morgan fingerprint density at radius 3 is 1.03 bits per heavy atom. The molecule has 0 aliphatic carbocycles. The number of thiophene rings is 1. The molecule has 0 unspecified atom stereocenters. The maximum atomic E-state index is 13.1. The monoisotopic (exact) mass is 1080 g/mol. The van der Waals surface area contributed by atoms with Crippen LogP contribution in [0.1, 0.15) is 253 Å². The summed E-state index contributed by atoms with van der Waals surface area (Å²) in [4.78, 5) is 40.4. The number of carbonyl (C=O) groups excluding carboxylic acids is 3. The molecule has 0 spiro atoms. The van der Waals surface area contributed by atoms with E-state index in [-0.39, 0.29) is 6.61 Å². The summed E-state index contributed by atoms with van der Waals surface area (Å²) in [6, 6.07) is 30.2. The van der Waals surface area contributed by atoms with E-state index in [0.717, 1.165) is 53.2 Å². The van der Waals surface area contributed by atoms with Gasteiger partial charge in [0.2, 0.25) is 0 Å². The number of carbonyl (C=O) groups is 3. The summed E-state index contributed by atoms with van der Waals surface area (Å²) in [5, 5.41) is 0. The first kappa shape index (κ1) is 62.9. The van der Waals surface area contributed by atoms with Crippen molar-refractivity contribution in [1.82, 2.24) is 0 Å². The minimum Gasteiger partial charge on any atom is -0.494 e. The lowest BCUT2D eigenvalue weighted by atomic mass is 9.95. The van der Waals surface area contributed by atoms with E-state index in [9.17, 15) is 14.4 Å². The molecule has 78 heavy (non-hydrogen) atoms. The number of benzene rings is 4. The largest absolute Gasteiger partial charge is 0.494 e. The van der Waals surface area contributed by atoms with E-state index in [1.807, 2.05) is 48.5 Å². The molecule has 0 amide bonds. The number of ether oxygens (including phenoxy) is 5. The Morgan fingerprint density at radius 1 is 0.372 bits per heavy atom. The van der Waals surface area contributed by atoms with Crippen molar-refractivity contribution in [2.45, 2.75) is 201 Å². The average Bonchev–Trinajstić information content (AvgIpc) is 3.94. The second-order valence-corrected chi connectivity index (χ2v) is 21.8. The minimum absolute atomic E-state index is 0.235. The Hall–Kier alpha value is -5.93. The van der Waals surface area contributed by atoms with Gasteiger partial charge in [-0.15, -0.1) is 11.3 Å². The molecule has 0 aliphatic heterocycles. The Kier molecular flexibility index (Phi) is 30.5. The van der Waals surface area contributed by atoms with Crippen LogP contribution in [-0.4, -0.2) is 37.7 Å². The molecular formula is C69H92O8S. The number of unbranched alkanes of at least 4 members (excludes halogenated alkanes) is 26. The van der Waals surface area contributed by atoms with Crippen molar-refractivity contribution in [2.75, 3.05) is 19.8 Å². The minimum atomic E-state index is -0.471. The molecule has 0 aliphatic rings. The van der Waals surface area contributed by atoms with Crippen LogP contribution in [0, 0.1) is 0 Å². The molecule has 0 bridgehead atoms.